The molecule has 3 rings (SSSR count). The zero-order chi connectivity index (χ0) is 18.9. The van der Waals surface area contributed by atoms with Gasteiger partial charge in [0.25, 0.3) is 0 Å². The second-order valence-electron chi connectivity index (χ2n) is 5.89. The highest BCUT2D eigenvalue weighted by molar-refractivity contribution is 7.99. The van der Waals surface area contributed by atoms with Gasteiger partial charge < -0.3 is 8.98 Å². The summed E-state index contributed by atoms with van der Waals surface area (Å²) in [6, 6.07) is 13.7. The molecule has 0 atom stereocenters. The molecule has 8 heteroatoms. The predicted octanol–water partition coefficient (Wildman–Crippen LogP) is 3.24. The van der Waals surface area contributed by atoms with Crippen molar-refractivity contribution in [2.24, 2.45) is 7.05 Å². The van der Waals surface area contributed by atoms with Crippen molar-refractivity contribution in [3.8, 4) is 11.4 Å². The van der Waals surface area contributed by atoms with Crippen LogP contribution in [-0.4, -0.2) is 33.0 Å². The predicted molar refractivity (Wildman–Crippen MR) is 103 cm³/mol. The summed E-state index contributed by atoms with van der Waals surface area (Å²) in [4.78, 5) is 17.0. The van der Waals surface area contributed by atoms with E-state index in [2.05, 4.69) is 15.7 Å². The fraction of sp³-hybridized carbons (Fsp3) is 0.316. The number of aromatic nitrogens is 3. The number of rotatable bonds is 10. The normalized spacial score (nSPS) is 10.9. The molecule has 142 valence electrons. The zero-order valence-corrected chi connectivity index (χ0v) is 15.9. The molecule has 0 aliphatic rings. The molecule has 0 fully saturated rings. The Bertz CT molecular complexity index is 834. The molecular weight excluding hydrogens is 364 g/mol. The van der Waals surface area contributed by atoms with Gasteiger partial charge in [0.2, 0.25) is 5.91 Å². The van der Waals surface area contributed by atoms with Gasteiger partial charge in [-0.3, -0.25) is 9.63 Å². The molecule has 1 aromatic carbocycles. The molecule has 0 radical (unpaired) electrons. The average molecular weight is 386 g/mol. The van der Waals surface area contributed by atoms with Crippen LogP contribution in [0.2, 0.25) is 0 Å². The quantitative estimate of drug-likeness (QED) is 0.327. The van der Waals surface area contributed by atoms with Gasteiger partial charge >= 0.3 is 0 Å². The standard InChI is InChI=1S/C19H22N4O3S/c1-23-18(15-7-3-2-4-8-15)20-21-19(23)27-14-11-17(24)22-26-13-6-10-16-9-5-12-25-16/h2-5,7-9,12H,6,10-11,13-14H2,1H3,(H,22,24). The first-order chi connectivity index (χ1) is 13.2. The second-order valence-corrected chi connectivity index (χ2v) is 6.95. The van der Waals surface area contributed by atoms with Crippen molar-refractivity contribution < 1.29 is 14.0 Å². The van der Waals surface area contributed by atoms with E-state index in [0.29, 0.717) is 18.8 Å². The van der Waals surface area contributed by atoms with Crippen molar-refractivity contribution in [2.45, 2.75) is 24.4 Å². The topological polar surface area (TPSA) is 82.2 Å². The van der Waals surface area contributed by atoms with Crippen LogP contribution in [0.4, 0.5) is 0 Å². The lowest BCUT2D eigenvalue weighted by Gasteiger charge is -2.06. The van der Waals surface area contributed by atoms with E-state index in [0.717, 1.165) is 35.1 Å². The third-order valence-electron chi connectivity index (χ3n) is 3.86. The Labute approximate surface area is 162 Å². The van der Waals surface area contributed by atoms with Gasteiger partial charge in [-0.25, -0.2) is 5.48 Å². The number of benzene rings is 1. The third kappa shape index (κ3) is 5.70. The monoisotopic (exact) mass is 386 g/mol. The summed E-state index contributed by atoms with van der Waals surface area (Å²) in [6.07, 6.45) is 3.56. The first-order valence-corrected chi connectivity index (χ1v) is 9.73. The summed E-state index contributed by atoms with van der Waals surface area (Å²) >= 11 is 1.49. The summed E-state index contributed by atoms with van der Waals surface area (Å²) in [5.41, 5.74) is 3.48. The van der Waals surface area contributed by atoms with Crippen LogP contribution in [0.1, 0.15) is 18.6 Å². The fourth-order valence-corrected chi connectivity index (χ4v) is 3.32. The minimum Gasteiger partial charge on any atom is -0.469 e. The molecule has 0 spiro atoms. The molecule has 0 bridgehead atoms. The zero-order valence-electron chi connectivity index (χ0n) is 15.1. The van der Waals surface area contributed by atoms with E-state index >= 15 is 0 Å². The van der Waals surface area contributed by atoms with Crippen molar-refractivity contribution in [1.82, 2.24) is 20.2 Å². The summed E-state index contributed by atoms with van der Waals surface area (Å²) in [7, 11) is 1.92. The van der Waals surface area contributed by atoms with Crippen molar-refractivity contribution in [1.29, 1.82) is 0 Å². The number of nitrogens with zero attached hydrogens (tertiary/aromatic N) is 3. The van der Waals surface area contributed by atoms with Gasteiger partial charge in [0, 0.05) is 31.2 Å². The van der Waals surface area contributed by atoms with Gasteiger partial charge in [0.1, 0.15) is 5.76 Å². The molecule has 7 nitrogen and oxygen atoms in total. The van der Waals surface area contributed by atoms with Crippen LogP contribution in [0.15, 0.2) is 58.3 Å². The maximum absolute atomic E-state index is 11.8. The van der Waals surface area contributed by atoms with E-state index in [1.807, 2.05) is 54.1 Å². The van der Waals surface area contributed by atoms with Crippen LogP contribution < -0.4 is 5.48 Å². The minimum absolute atomic E-state index is 0.147. The largest absolute Gasteiger partial charge is 0.469 e. The Morgan fingerprint density at radius 3 is 2.85 bits per heavy atom. The highest BCUT2D eigenvalue weighted by Crippen LogP contribution is 2.22. The summed E-state index contributed by atoms with van der Waals surface area (Å²) in [5, 5.41) is 9.22. The molecule has 1 N–H and O–H groups in total. The first kappa shape index (κ1) is 19.2. The molecule has 0 aliphatic heterocycles. The van der Waals surface area contributed by atoms with Crippen LogP contribution in [0, 0.1) is 0 Å². The highest BCUT2D eigenvalue weighted by atomic mass is 32.2. The number of hydroxylamine groups is 1. The van der Waals surface area contributed by atoms with E-state index in [4.69, 9.17) is 9.25 Å². The Kier molecular flexibility index (Phi) is 7.06. The maximum Gasteiger partial charge on any atom is 0.244 e. The molecule has 2 aromatic heterocycles. The second kappa shape index (κ2) is 9.94. The molecule has 0 saturated heterocycles. The van der Waals surface area contributed by atoms with E-state index in [9.17, 15) is 4.79 Å². The van der Waals surface area contributed by atoms with Crippen LogP contribution in [-0.2, 0) is 23.1 Å². The maximum atomic E-state index is 11.8. The molecule has 2 heterocycles. The lowest BCUT2D eigenvalue weighted by Crippen LogP contribution is -2.24. The molecule has 27 heavy (non-hydrogen) atoms. The number of amides is 1. The lowest BCUT2D eigenvalue weighted by atomic mass is 10.2. The van der Waals surface area contributed by atoms with Crippen molar-refractivity contribution >= 4 is 17.7 Å². The van der Waals surface area contributed by atoms with Crippen molar-refractivity contribution in [3.63, 3.8) is 0 Å². The van der Waals surface area contributed by atoms with Gasteiger partial charge in [-0.2, -0.15) is 0 Å². The molecule has 0 aliphatic carbocycles. The van der Waals surface area contributed by atoms with Crippen LogP contribution in [0.25, 0.3) is 11.4 Å². The molecule has 3 aromatic rings. The van der Waals surface area contributed by atoms with E-state index in [1.54, 1.807) is 6.26 Å². The number of nitrogens with one attached hydrogen (secondary N) is 1. The Morgan fingerprint density at radius 2 is 2.07 bits per heavy atom. The Morgan fingerprint density at radius 1 is 1.22 bits per heavy atom. The van der Waals surface area contributed by atoms with Crippen LogP contribution >= 0.6 is 11.8 Å². The molecule has 1 amide bonds. The summed E-state index contributed by atoms with van der Waals surface area (Å²) in [5.74, 6) is 2.18. The first-order valence-electron chi connectivity index (χ1n) is 8.74. The Hall–Kier alpha value is -2.58. The number of furan rings is 1. The van der Waals surface area contributed by atoms with Crippen molar-refractivity contribution in [3.05, 3.63) is 54.5 Å². The molecule has 0 unspecified atom stereocenters. The van der Waals surface area contributed by atoms with E-state index in [-0.39, 0.29) is 5.91 Å². The highest BCUT2D eigenvalue weighted by Gasteiger charge is 2.11. The lowest BCUT2D eigenvalue weighted by molar-refractivity contribution is -0.133. The average Bonchev–Trinajstić information content (AvgIpc) is 3.32. The molecular formula is C19H22N4O3S. The van der Waals surface area contributed by atoms with Gasteiger partial charge in [-0.1, -0.05) is 42.1 Å². The third-order valence-corrected chi connectivity index (χ3v) is 4.88. The summed E-state index contributed by atoms with van der Waals surface area (Å²) in [6.45, 7) is 0.448. The van der Waals surface area contributed by atoms with E-state index in [1.165, 1.54) is 11.8 Å². The number of carbonyl (C=O) groups excluding carboxylic acids is 1. The van der Waals surface area contributed by atoms with Crippen LogP contribution in [0.5, 0.6) is 0 Å². The number of hydrogen-bond donors (Lipinski definition) is 1. The molecule has 0 saturated carbocycles. The van der Waals surface area contributed by atoms with Gasteiger partial charge in [0.05, 0.1) is 12.9 Å². The van der Waals surface area contributed by atoms with E-state index < -0.39 is 0 Å². The van der Waals surface area contributed by atoms with Crippen molar-refractivity contribution in [2.75, 3.05) is 12.4 Å². The SMILES string of the molecule is Cn1c(SCCC(=O)NOCCCc2ccco2)nnc1-c1ccccc1. The Balaban J connectivity index is 1.33. The number of aryl methyl sites for hydroxylation is 1. The number of thioether (sulfide) groups is 1. The van der Waals surface area contributed by atoms with Gasteiger partial charge in [-0.05, 0) is 18.6 Å². The van der Waals surface area contributed by atoms with Gasteiger partial charge in [0.15, 0.2) is 11.0 Å². The smallest absolute Gasteiger partial charge is 0.244 e. The minimum atomic E-state index is -0.147. The summed E-state index contributed by atoms with van der Waals surface area (Å²) < 4.78 is 7.17. The number of hydrogen-bond acceptors (Lipinski definition) is 6. The van der Waals surface area contributed by atoms with Gasteiger partial charge in [-0.15, -0.1) is 10.2 Å². The number of carbonyl (C=O) groups is 1. The van der Waals surface area contributed by atoms with Crippen LogP contribution in [0.3, 0.4) is 0 Å². The fourth-order valence-electron chi connectivity index (χ4n) is 2.47.